The highest BCUT2D eigenvalue weighted by atomic mass is 32.1. The van der Waals surface area contributed by atoms with Crippen LogP contribution in [0.5, 0.6) is 0 Å². The number of carbonyl (C=O) groups is 1. The minimum absolute atomic E-state index is 0.00326. The number of aliphatic hydroxyl groups is 1. The number of allylic oxidation sites excluding steroid dienone is 4. The van der Waals surface area contributed by atoms with Gasteiger partial charge in [0.05, 0.1) is 6.10 Å². The van der Waals surface area contributed by atoms with E-state index in [0.29, 0.717) is 0 Å². The monoisotopic (exact) mass is 338 g/mol. The van der Waals surface area contributed by atoms with Gasteiger partial charge < -0.3 is 5.11 Å². The van der Waals surface area contributed by atoms with Crippen molar-refractivity contribution in [3.05, 3.63) is 65.1 Å². The van der Waals surface area contributed by atoms with Gasteiger partial charge in [0.1, 0.15) is 0 Å². The van der Waals surface area contributed by atoms with Crippen LogP contribution in [-0.4, -0.2) is 17.0 Å². The van der Waals surface area contributed by atoms with Crippen LogP contribution in [0.2, 0.25) is 0 Å². The van der Waals surface area contributed by atoms with E-state index < -0.39 is 6.10 Å². The Hall–Kier alpha value is -1.97. The van der Waals surface area contributed by atoms with E-state index in [1.165, 1.54) is 10.1 Å². The molecule has 0 saturated heterocycles. The van der Waals surface area contributed by atoms with Gasteiger partial charge in [0.2, 0.25) is 0 Å². The minimum atomic E-state index is -0.402. The fourth-order valence-corrected chi connectivity index (χ4v) is 3.91. The maximum atomic E-state index is 12.1. The molecule has 24 heavy (non-hydrogen) atoms. The number of benzene rings is 1. The number of carbonyl (C=O) groups excluding carboxylic acids is 1. The Morgan fingerprint density at radius 3 is 2.83 bits per heavy atom. The van der Waals surface area contributed by atoms with Crippen LogP contribution in [0.3, 0.4) is 0 Å². The molecular formula is C21H22O2S. The fraction of sp³-hybridized carbons (Fsp3) is 0.286. The van der Waals surface area contributed by atoms with Crippen molar-refractivity contribution in [2.45, 2.75) is 32.8 Å². The second-order valence-electron chi connectivity index (χ2n) is 6.87. The lowest BCUT2D eigenvalue weighted by Gasteiger charge is -2.32. The fourth-order valence-electron chi connectivity index (χ4n) is 2.98. The molecule has 1 aliphatic carbocycles. The molecule has 3 rings (SSSR count). The first-order chi connectivity index (χ1) is 11.5. The van der Waals surface area contributed by atoms with Crippen molar-refractivity contribution in [3.8, 4) is 0 Å². The van der Waals surface area contributed by atoms with E-state index in [-0.39, 0.29) is 11.2 Å². The van der Waals surface area contributed by atoms with Crippen LogP contribution in [0, 0.1) is 5.41 Å². The van der Waals surface area contributed by atoms with Crippen LogP contribution in [0.15, 0.2) is 59.5 Å². The summed E-state index contributed by atoms with van der Waals surface area (Å²) in [6.45, 7) is 4.29. The van der Waals surface area contributed by atoms with E-state index >= 15 is 0 Å². The third-order valence-electron chi connectivity index (χ3n) is 4.58. The van der Waals surface area contributed by atoms with Crippen LogP contribution < -0.4 is 0 Å². The summed E-state index contributed by atoms with van der Waals surface area (Å²) in [6, 6.07) is 8.19. The van der Waals surface area contributed by atoms with Gasteiger partial charge >= 0.3 is 0 Å². The zero-order valence-corrected chi connectivity index (χ0v) is 14.8. The molecule has 1 heterocycles. The standard InChI is InChI=1S/C21H22O2S/c1-21(2)12-11-18(23)13-16(21)8-10-17(22)9-7-15-14-24-20-6-4-3-5-19(15)20/h3-10,13-14,18,23H,11-12H2,1-2H3/b9-7+,10-8+. The number of hydrogen-bond acceptors (Lipinski definition) is 3. The summed E-state index contributed by atoms with van der Waals surface area (Å²) in [7, 11) is 0. The molecular weight excluding hydrogens is 316 g/mol. The molecule has 0 saturated carbocycles. The molecule has 0 amide bonds. The zero-order valence-electron chi connectivity index (χ0n) is 14.0. The molecule has 0 spiro atoms. The lowest BCUT2D eigenvalue weighted by atomic mass is 9.75. The zero-order chi connectivity index (χ0) is 17.2. The summed E-state index contributed by atoms with van der Waals surface area (Å²) < 4.78 is 1.23. The molecule has 1 atom stereocenters. The molecule has 3 heteroatoms. The van der Waals surface area contributed by atoms with Crippen molar-refractivity contribution < 1.29 is 9.90 Å². The lowest BCUT2D eigenvalue weighted by molar-refractivity contribution is -0.110. The first-order valence-electron chi connectivity index (χ1n) is 8.22. The molecule has 0 radical (unpaired) electrons. The second-order valence-corrected chi connectivity index (χ2v) is 7.78. The van der Waals surface area contributed by atoms with Gasteiger partial charge in [0.15, 0.2) is 5.78 Å². The van der Waals surface area contributed by atoms with E-state index in [1.807, 2.05) is 30.4 Å². The largest absolute Gasteiger partial charge is 0.389 e. The van der Waals surface area contributed by atoms with Crippen LogP contribution in [0.1, 0.15) is 32.3 Å². The van der Waals surface area contributed by atoms with Crippen molar-refractivity contribution in [1.82, 2.24) is 0 Å². The first-order valence-corrected chi connectivity index (χ1v) is 9.10. The Morgan fingerprint density at radius 2 is 2.00 bits per heavy atom. The van der Waals surface area contributed by atoms with Crippen molar-refractivity contribution in [2.75, 3.05) is 0 Å². The average Bonchev–Trinajstić information content (AvgIpc) is 2.97. The smallest absolute Gasteiger partial charge is 0.178 e. The van der Waals surface area contributed by atoms with Crippen molar-refractivity contribution in [3.63, 3.8) is 0 Å². The van der Waals surface area contributed by atoms with Crippen molar-refractivity contribution in [1.29, 1.82) is 0 Å². The SMILES string of the molecule is CC1(C)CCC(O)C=C1/C=C/C(=O)/C=C/c1csc2ccccc12. The van der Waals surface area contributed by atoms with Gasteiger partial charge in [-0.2, -0.15) is 0 Å². The van der Waals surface area contributed by atoms with Crippen LogP contribution in [0.25, 0.3) is 16.2 Å². The molecule has 1 aromatic heterocycles. The summed E-state index contributed by atoms with van der Waals surface area (Å²) in [6.07, 6.45) is 10.1. The van der Waals surface area contributed by atoms with Gasteiger partial charge in [0, 0.05) is 4.70 Å². The lowest BCUT2D eigenvalue weighted by Crippen LogP contribution is -2.23. The van der Waals surface area contributed by atoms with Crippen LogP contribution >= 0.6 is 11.3 Å². The van der Waals surface area contributed by atoms with E-state index in [2.05, 4.69) is 31.4 Å². The third kappa shape index (κ3) is 3.74. The minimum Gasteiger partial charge on any atom is -0.389 e. The molecule has 1 N–H and O–H groups in total. The summed E-state index contributed by atoms with van der Waals surface area (Å²) in [4.78, 5) is 12.1. The molecule has 1 aliphatic rings. The number of thiophene rings is 1. The predicted octanol–water partition coefficient (Wildman–Crippen LogP) is 5.15. The maximum absolute atomic E-state index is 12.1. The highest BCUT2D eigenvalue weighted by Crippen LogP contribution is 2.37. The molecule has 1 unspecified atom stereocenters. The summed E-state index contributed by atoms with van der Waals surface area (Å²) in [5.41, 5.74) is 2.11. The Bertz CT molecular complexity index is 836. The number of ketones is 1. The molecule has 0 aliphatic heterocycles. The first kappa shape index (κ1) is 16.9. The number of aliphatic hydroxyl groups excluding tert-OH is 1. The third-order valence-corrected chi connectivity index (χ3v) is 5.57. The number of rotatable bonds is 4. The van der Waals surface area contributed by atoms with Gasteiger partial charge in [-0.25, -0.2) is 0 Å². The normalized spacial score (nSPS) is 20.8. The number of fused-ring (bicyclic) bond motifs is 1. The van der Waals surface area contributed by atoms with Gasteiger partial charge in [-0.1, -0.05) is 44.2 Å². The Labute approximate surface area is 146 Å². The van der Waals surface area contributed by atoms with E-state index in [1.54, 1.807) is 23.5 Å². The summed E-state index contributed by atoms with van der Waals surface area (Å²) in [5, 5.41) is 13.0. The van der Waals surface area contributed by atoms with E-state index in [9.17, 15) is 9.90 Å². The quantitative estimate of drug-likeness (QED) is 0.783. The molecule has 2 nitrogen and oxygen atoms in total. The van der Waals surface area contributed by atoms with Crippen LogP contribution in [0.4, 0.5) is 0 Å². The molecule has 0 bridgehead atoms. The Morgan fingerprint density at radius 1 is 1.25 bits per heavy atom. The predicted molar refractivity (Wildman–Crippen MR) is 102 cm³/mol. The Kier molecular flexibility index (Phi) is 4.83. The molecule has 2 aromatic rings. The van der Waals surface area contributed by atoms with Crippen LogP contribution in [-0.2, 0) is 4.79 Å². The van der Waals surface area contributed by atoms with Crippen molar-refractivity contribution >= 4 is 33.3 Å². The van der Waals surface area contributed by atoms with Gasteiger partial charge in [0.25, 0.3) is 0 Å². The van der Waals surface area contributed by atoms with Gasteiger partial charge in [-0.15, -0.1) is 11.3 Å². The van der Waals surface area contributed by atoms with Gasteiger partial charge in [-0.3, -0.25) is 4.79 Å². The molecule has 1 aromatic carbocycles. The molecule has 0 fully saturated rings. The highest BCUT2D eigenvalue weighted by Gasteiger charge is 2.27. The highest BCUT2D eigenvalue weighted by molar-refractivity contribution is 7.17. The maximum Gasteiger partial charge on any atom is 0.178 e. The Balaban J connectivity index is 1.73. The van der Waals surface area contributed by atoms with Gasteiger partial charge in [-0.05, 0) is 64.5 Å². The average molecular weight is 338 g/mol. The van der Waals surface area contributed by atoms with Crippen molar-refractivity contribution in [2.24, 2.45) is 5.41 Å². The second kappa shape index (κ2) is 6.88. The summed E-state index contributed by atoms with van der Waals surface area (Å²) >= 11 is 1.68. The summed E-state index contributed by atoms with van der Waals surface area (Å²) in [5.74, 6) is -0.0398. The van der Waals surface area contributed by atoms with E-state index in [4.69, 9.17) is 0 Å². The molecule has 124 valence electrons. The topological polar surface area (TPSA) is 37.3 Å². The number of hydrogen-bond donors (Lipinski definition) is 1. The van der Waals surface area contributed by atoms with E-state index in [0.717, 1.165) is 24.0 Å².